The zero-order valence-electron chi connectivity index (χ0n) is 11.8. The fourth-order valence-corrected chi connectivity index (χ4v) is 2.80. The van der Waals surface area contributed by atoms with E-state index in [0.29, 0.717) is 12.0 Å². The quantitative estimate of drug-likeness (QED) is 0.872. The third-order valence-corrected chi connectivity index (χ3v) is 3.64. The van der Waals surface area contributed by atoms with Crippen LogP contribution in [-0.4, -0.2) is 23.7 Å². The topological polar surface area (TPSA) is 49.3 Å². The lowest BCUT2D eigenvalue weighted by Crippen LogP contribution is -2.39. The Labute approximate surface area is 133 Å². The maximum atomic E-state index is 12.3. The average Bonchev–Trinajstić information content (AvgIpc) is 2.46. The normalized spacial score (nSPS) is 12.0. The van der Waals surface area contributed by atoms with Gasteiger partial charge in [-0.15, -0.1) is 0 Å². The van der Waals surface area contributed by atoms with Gasteiger partial charge in [-0.25, -0.2) is 0 Å². The summed E-state index contributed by atoms with van der Waals surface area (Å²) in [7, 11) is 0. The summed E-state index contributed by atoms with van der Waals surface area (Å²) in [6.45, 7) is 1.85. The number of nitrogens with one attached hydrogen (secondary N) is 1. The van der Waals surface area contributed by atoms with E-state index in [0.717, 1.165) is 15.6 Å². The second-order valence-electron chi connectivity index (χ2n) is 5.06. The van der Waals surface area contributed by atoms with Gasteiger partial charge in [0, 0.05) is 10.0 Å². The molecule has 2 aromatic rings. The highest BCUT2D eigenvalue weighted by Crippen LogP contribution is 2.15. The van der Waals surface area contributed by atoms with E-state index in [1.165, 1.54) is 0 Å². The Bertz CT molecular complexity index is 593. The van der Waals surface area contributed by atoms with Gasteiger partial charge < -0.3 is 10.4 Å². The minimum atomic E-state index is -0.292. The van der Waals surface area contributed by atoms with Crippen molar-refractivity contribution in [1.29, 1.82) is 0 Å². The number of halogens is 1. The zero-order valence-corrected chi connectivity index (χ0v) is 13.4. The van der Waals surface area contributed by atoms with Gasteiger partial charge in [0.15, 0.2) is 0 Å². The molecule has 0 unspecified atom stereocenters. The monoisotopic (exact) mass is 347 g/mol. The minimum Gasteiger partial charge on any atom is -0.394 e. The number of aliphatic hydroxyl groups excluding tert-OH is 1. The summed E-state index contributed by atoms with van der Waals surface area (Å²) in [5.41, 5.74) is 2.69. The molecule has 0 aliphatic heterocycles. The van der Waals surface area contributed by atoms with E-state index in [9.17, 15) is 9.90 Å². The first-order chi connectivity index (χ1) is 10.1. The number of hydrogen-bond donors (Lipinski definition) is 2. The third-order valence-electron chi connectivity index (χ3n) is 3.18. The first kappa shape index (κ1) is 15.7. The van der Waals surface area contributed by atoms with Crippen LogP contribution < -0.4 is 5.32 Å². The Balaban J connectivity index is 2.05. The number of rotatable bonds is 5. The van der Waals surface area contributed by atoms with Gasteiger partial charge in [0.1, 0.15) is 0 Å². The van der Waals surface area contributed by atoms with Crippen LogP contribution in [0, 0.1) is 6.92 Å². The predicted octanol–water partition coefficient (Wildman–Crippen LogP) is 3.09. The molecule has 0 spiro atoms. The number of benzene rings is 2. The lowest BCUT2D eigenvalue weighted by Gasteiger charge is -2.17. The highest BCUT2D eigenvalue weighted by molar-refractivity contribution is 9.10. The molecule has 3 nitrogen and oxygen atoms in total. The molecule has 0 fully saturated rings. The van der Waals surface area contributed by atoms with Crippen LogP contribution in [0.25, 0.3) is 0 Å². The molecular formula is C17H18BrNO2. The van der Waals surface area contributed by atoms with Crippen molar-refractivity contribution in [2.75, 3.05) is 6.61 Å². The molecule has 0 aromatic heterocycles. The molecule has 1 atom stereocenters. The van der Waals surface area contributed by atoms with Crippen molar-refractivity contribution in [2.45, 2.75) is 19.4 Å². The molecule has 0 bridgehead atoms. The zero-order chi connectivity index (χ0) is 15.2. The van der Waals surface area contributed by atoms with E-state index >= 15 is 0 Å². The van der Waals surface area contributed by atoms with Crippen LogP contribution in [0.4, 0.5) is 0 Å². The van der Waals surface area contributed by atoms with Gasteiger partial charge in [0.25, 0.3) is 5.91 Å². The van der Waals surface area contributed by atoms with Gasteiger partial charge in [-0.3, -0.25) is 4.79 Å². The van der Waals surface area contributed by atoms with Gasteiger partial charge in [-0.05, 0) is 42.7 Å². The van der Waals surface area contributed by atoms with Gasteiger partial charge >= 0.3 is 0 Å². The molecular weight excluding hydrogens is 330 g/mol. The molecule has 4 heteroatoms. The van der Waals surface area contributed by atoms with Crippen LogP contribution in [0.3, 0.4) is 0 Å². The minimum absolute atomic E-state index is 0.0897. The van der Waals surface area contributed by atoms with Crippen molar-refractivity contribution < 1.29 is 9.90 Å². The predicted molar refractivity (Wildman–Crippen MR) is 87.4 cm³/mol. The first-order valence-electron chi connectivity index (χ1n) is 6.81. The number of hydrogen-bond acceptors (Lipinski definition) is 2. The van der Waals surface area contributed by atoms with Crippen LogP contribution >= 0.6 is 15.9 Å². The van der Waals surface area contributed by atoms with E-state index in [4.69, 9.17) is 0 Å². The van der Waals surface area contributed by atoms with Crippen molar-refractivity contribution in [3.8, 4) is 0 Å². The molecule has 0 aliphatic rings. The number of aryl methyl sites for hydroxylation is 1. The van der Waals surface area contributed by atoms with Gasteiger partial charge in [0.2, 0.25) is 0 Å². The molecule has 110 valence electrons. The van der Waals surface area contributed by atoms with Crippen molar-refractivity contribution in [3.05, 3.63) is 69.7 Å². The van der Waals surface area contributed by atoms with Crippen LogP contribution in [0.5, 0.6) is 0 Å². The Kier molecular flexibility index (Phi) is 5.53. The maximum absolute atomic E-state index is 12.3. The summed E-state index contributed by atoms with van der Waals surface area (Å²) >= 11 is 3.39. The van der Waals surface area contributed by atoms with Crippen molar-refractivity contribution in [2.24, 2.45) is 0 Å². The van der Waals surface area contributed by atoms with E-state index in [-0.39, 0.29) is 18.6 Å². The van der Waals surface area contributed by atoms with E-state index in [2.05, 4.69) is 21.2 Å². The van der Waals surface area contributed by atoms with E-state index in [1.807, 2.05) is 49.4 Å². The molecule has 2 aromatic carbocycles. The molecule has 0 aliphatic carbocycles. The molecule has 2 rings (SSSR count). The molecule has 0 heterocycles. The first-order valence-corrected chi connectivity index (χ1v) is 7.60. The van der Waals surface area contributed by atoms with Crippen LogP contribution in [-0.2, 0) is 6.42 Å². The Morgan fingerprint density at radius 3 is 2.57 bits per heavy atom. The highest BCUT2D eigenvalue weighted by Gasteiger charge is 2.14. The third kappa shape index (κ3) is 4.69. The Morgan fingerprint density at radius 1 is 1.24 bits per heavy atom. The Morgan fingerprint density at radius 2 is 1.95 bits per heavy atom. The fourth-order valence-electron chi connectivity index (χ4n) is 2.20. The summed E-state index contributed by atoms with van der Waals surface area (Å²) in [5.74, 6) is -0.172. The van der Waals surface area contributed by atoms with Gasteiger partial charge in [-0.1, -0.05) is 46.3 Å². The number of aliphatic hydroxyl groups is 1. The largest absolute Gasteiger partial charge is 0.394 e. The second-order valence-corrected chi connectivity index (χ2v) is 5.98. The summed E-state index contributed by atoms with van der Waals surface area (Å²) in [5, 5.41) is 12.3. The van der Waals surface area contributed by atoms with E-state index < -0.39 is 0 Å². The maximum Gasteiger partial charge on any atom is 0.251 e. The molecule has 0 saturated heterocycles. The number of carbonyl (C=O) groups is 1. The van der Waals surface area contributed by atoms with Crippen LogP contribution in [0.1, 0.15) is 21.5 Å². The van der Waals surface area contributed by atoms with Crippen molar-refractivity contribution in [3.63, 3.8) is 0 Å². The summed E-state index contributed by atoms with van der Waals surface area (Å²) < 4.78 is 0.872. The SMILES string of the molecule is Cc1cc(Br)cc(C(=O)N[C@@H](CO)Cc2ccccc2)c1. The number of amides is 1. The molecule has 1 amide bonds. The van der Waals surface area contributed by atoms with Crippen molar-refractivity contribution >= 4 is 21.8 Å². The molecule has 21 heavy (non-hydrogen) atoms. The van der Waals surface area contributed by atoms with Crippen molar-refractivity contribution in [1.82, 2.24) is 5.32 Å². The summed E-state index contributed by atoms with van der Waals surface area (Å²) in [6.07, 6.45) is 0.607. The summed E-state index contributed by atoms with van der Waals surface area (Å²) in [6, 6.07) is 15.1. The average molecular weight is 348 g/mol. The number of carbonyl (C=O) groups excluding carboxylic acids is 1. The van der Waals surface area contributed by atoms with Crippen LogP contribution in [0.2, 0.25) is 0 Å². The second kappa shape index (κ2) is 7.38. The van der Waals surface area contributed by atoms with Gasteiger partial charge in [0.05, 0.1) is 12.6 Å². The molecule has 2 N–H and O–H groups in total. The smallest absolute Gasteiger partial charge is 0.251 e. The summed E-state index contributed by atoms with van der Waals surface area (Å²) in [4.78, 5) is 12.3. The Hall–Kier alpha value is -1.65. The molecule has 0 radical (unpaired) electrons. The fraction of sp³-hybridized carbons (Fsp3) is 0.235. The lowest BCUT2D eigenvalue weighted by atomic mass is 10.1. The van der Waals surface area contributed by atoms with E-state index in [1.54, 1.807) is 6.07 Å². The van der Waals surface area contributed by atoms with Crippen LogP contribution in [0.15, 0.2) is 53.0 Å². The standard InChI is InChI=1S/C17H18BrNO2/c1-12-7-14(10-15(18)8-12)17(21)19-16(11-20)9-13-5-3-2-4-6-13/h2-8,10,16,20H,9,11H2,1H3,(H,19,21)/t16-/m1/s1. The lowest BCUT2D eigenvalue weighted by molar-refractivity contribution is 0.0916. The molecule has 0 saturated carbocycles. The highest BCUT2D eigenvalue weighted by atomic mass is 79.9. The van der Waals surface area contributed by atoms with Gasteiger partial charge in [-0.2, -0.15) is 0 Å².